The fourth-order valence-electron chi connectivity index (χ4n) is 4.17. The monoisotopic (exact) mass is 501 g/mol. The van der Waals surface area contributed by atoms with E-state index in [0.29, 0.717) is 39.4 Å². The van der Waals surface area contributed by atoms with E-state index in [4.69, 9.17) is 16.3 Å². The molecule has 2 amide bonds. The molecule has 5 rings (SSSR count). The van der Waals surface area contributed by atoms with Gasteiger partial charge in [0.2, 0.25) is 0 Å². The zero-order chi connectivity index (χ0) is 25.4. The topological polar surface area (TPSA) is 64.4 Å². The Kier molecular flexibility index (Phi) is 6.16. The zero-order valence-corrected chi connectivity index (χ0v) is 20.3. The molecule has 0 atom stereocenters. The summed E-state index contributed by atoms with van der Waals surface area (Å²) >= 11 is 6.68. The van der Waals surface area contributed by atoms with Crippen molar-refractivity contribution in [2.45, 2.75) is 13.5 Å². The lowest BCUT2D eigenvalue weighted by Crippen LogP contribution is -2.41. The van der Waals surface area contributed by atoms with Gasteiger partial charge >= 0.3 is 0 Å². The SMILES string of the molecule is COc1ccc(CN2C(=O)C(=Cc3c(C)nn(-c4ccc(F)cc4)c3Cl)c3ccccc3C2=O)cc1. The number of benzene rings is 3. The summed E-state index contributed by atoms with van der Waals surface area (Å²) in [5.74, 6) is -0.482. The number of hydrogen-bond acceptors (Lipinski definition) is 4. The van der Waals surface area contributed by atoms with Gasteiger partial charge in [0.05, 0.1) is 25.0 Å². The van der Waals surface area contributed by atoms with E-state index >= 15 is 0 Å². The molecule has 0 N–H and O–H groups in total. The number of halogens is 2. The Balaban J connectivity index is 1.58. The van der Waals surface area contributed by atoms with E-state index in [1.54, 1.807) is 68.6 Å². The van der Waals surface area contributed by atoms with Crippen LogP contribution in [0.3, 0.4) is 0 Å². The molecule has 0 radical (unpaired) electrons. The number of methoxy groups -OCH3 is 1. The van der Waals surface area contributed by atoms with Crippen LogP contribution < -0.4 is 4.74 Å². The summed E-state index contributed by atoms with van der Waals surface area (Å²) < 4.78 is 20.1. The summed E-state index contributed by atoms with van der Waals surface area (Å²) in [6.07, 6.45) is 1.67. The van der Waals surface area contributed by atoms with Crippen LogP contribution in [0.1, 0.15) is 32.7 Å². The second-order valence-corrected chi connectivity index (χ2v) is 8.68. The maximum absolute atomic E-state index is 13.7. The highest BCUT2D eigenvalue weighted by molar-refractivity contribution is 6.36. The van der Waals surface area contributed by atoms with E-state index < -0.39 is 5.91 Å². The van der Waals surface area contributed by atoms with Crippen molar-refractivity contribution in [3.63, 3.8) is 0 Å². The third-order valence-electron chi connectivity index (χ3n) is 6.08. The van der Waals surface area contributed by atoms with Crippen molar-refractivity contribution < 1.29 is 18.7 Å². The van der Waals surface area contributed by atoms with E-state index in [1.807, 2.05) is 12.1 Å². The average molecular weight is 502 g/mol. The number of carbonyl (C=O) groups excluding carboxylic acids is 2. The van der Waals surface area contributed by atoms with Crippen LogP contribution in [0.15, 0.2) is 72.8 Å². The lowest BCUT2D eigenvalue weighted by atomic mass is 9.92. The maximum Gasteiger partial charge on any atom is 0.261 e. The predicted octanol–water partition coefficient (Wildman–Crippen LogP) is 5.71. The number of aromatic nitrogens is 2. The van der Waals surface area contributed by atoms with E-state index in [0.717, 1.165) is 5.56 Å². The molecule has 2 heterocycles. The minimum absolute atomic E-state index is 0.106. The first kappa shape index (κ1) is 23.5. The van der Waals surface area contributed by atoms with Gasteiger partial charge in [0, 0.05) is 16.7 Å². The Morgan fingerprint density at radius 1 is 0.944 bits per heavy atom. The molecule has 36 heavy (non-hydrogen) atoms. The summed E-state index contributed by atoms with van der Waals surface area (Å²) in [4.78, 5) is 28.2. The highest BCUT2D eigenvalue weighted by Gasteiger charge is 2.35. The number of amides is 2. The highest BCUT2D eigenvalue weighted by Crippen LogP contribution is 2.34. The third-order valence-corrected chi connectivity index (χ3v) is 6.44. The fourth-order valence-corrected chi connectivity index (χ4v) is 4.50. The van der Waals surface area contributed by atoms with Crippen molar-refractivity contribution in [3.8, 4) is 11.4 Å². The van der Waals surface area contributed by atoms with Gasteiger partial charge in [-0.2, -0.15) is 5.10 Å². The number of rotatable bonds is 5. The van der Waals surface area contributed by atoms with Crippen LogP contribution in [-0.2, 0) is 11.3 Å². The lowest BCUT2D eigenvalue weighted by Gasteiger charge is -2.28. The smallest absolute Gasteiger partial charge is 0.261 e. The number of aryl methyl sites for hydroxylation is 1. The first-order valence-corrected chi connectivity index (χ1v) is 11.6. The van der Waals surface area contributed by atoms with Crippen LogP contribution in [0.25, 0.3) is 17.3 Å². The Morgan fingerprint density at radius 2 is 1.61 bits per heavy atom. The lowest BCUT2D eigenvalue weighted by molar-refractivity contribution is -0.123. The molecule has 0 spiro atoms. The van der Waals surface area contributed by atoms with Crippen LogP contribution in [0.2, 0.25) is 5.15 Å². The van der Waals surface area contributed by atoms with Crippen LogP contribution in [0.4, 0.5) is 4.39 Å². The number of carbonyl (C=O) groups is 2. The number of ether oxygens (including phenoxy) is 1. The number of hydrogen-bond donors (Lipinski definition) is 0. The molecule has 0 fully saturated rings. The van der Waals surface area contributed by atoms with Gasteiger partial charge in [-0.3, -0.25) is 14.5 Å². The quantitative estimate of drug-likeness (QED) is 0.260. The minimum atomic E-state index is -0.431. The van der Waals surface area contributed by atoms with Gasteiger partial charge in [0.15, 0.2) is 0 Å². The first-order chi connectivity index (χ1) is 17.4. The van der Waals surface area contributed by atoms with Crippen LogP contribution in [0, 0.1) is 12.7 Å². The Hall–Kier alpha value is -4.23. The van der Waals surface area contributed by atoms with Crippen molar-refractivity contribution >= 4 is 35.1 Å². The normalized spacial score (nSPS) is 14.3. The highest BCUT2D eigenvalue weighted by atomic mass is 35.5. The molecular formula is C28H21ClFN3O3. The number of nitrogens with zero attached hydrogens (tertiary/aromatic N) is 3. The van der Waals surface area contributed by atoms with Gasteiger partial charge in [0.1, 0.15) is 16.7 Å². The maximum atomic E-state index is 13.7. The summed E-state index contributed by atoms with van der Waals surface area (Å²) in [7, 11) is 1.58. The van der Waals surface area contributed by atoms with E-state index in [2.05, 4.69) is 5.10 Å². The van der Waals surface area contributed by atoms with Gasteiger partial charge in [-0.15, -0.1) is 0 Å². The van der Waals surface area contributed by atoms with Crippen molar-refractivity contribution in [2.75, 3.05) is 7.11 Å². The summed E-state index contributed by atoms with van der Waals surface area (Å²) in [5.41, 5.74) is 3.79. The molecule has 180 valence electrons. The second-order valence-electron chi connectivity index (χ2n) is 8.33. The molecular weight excluding hydrogens is 481 g/mol. The Morgan fingerprint density at radius 3 is 2.28 bits per heavy atom. The summed E-state index contributed by atoms with van der Waals surface area (Å²) in [5, 5.41) is 4.76. The summed E-state index contributed by atoms with van der Waals surface area (Å²) in [6, 6.07) is 20.0. The van der Waals surface area contributed by atoms with E-state index in [9.17, 15) is 14.0 Å². The Bertz CT molecular complexity index is 1510. The minimum Gasteiger partial charge on any atom is -0.497 e. The zero-order valence-electron chi connectivity index (χ0n) is 19.5. The molecule has 6 nitrogen and oxygen atoms in total. The number of fused-ring (bicyclic) bond motifs is 1. The van der Waals surface area contributed by atoms with Gasteiger partial charge in [-0.05, 0) is 66.6 Å². The van der Waals surface area contributed by atoms with Crippen LogP contribution >= 0.6 is 11.6 Å². The van der Waals surface area contributed by atoms with Crippen molar-refractivity contribution in [3.05, 3.63) is 112 Å². The molecule has 0 bridgehead atoms. The molecule has 8 heteroatoms. The standard InChI is InChI=1S/C28H21ClFN3O3/c1-17-24(26(29)33(31-17)20-11-9-19(30)10-12-20)15-25-22-5-3-4-6-23(22)27(34)32(28(25)35)16-18-7-13-21(36-2)14-8-18/h3-15H,16H2,1-2H3. The van der Waals surface area contributed by atoms with Crippen molar-refractivity contribution in [1.29, 1.82) is 0 Å². The molecule has 0 unspecified atom stereocenters. The fraction of sp³-hybridized carbons (Fsp3) is 0.107. The molecule has 3 aromatic carbocycles. The molecule has 0 aliphatic carbocycles. The van der Waals surface area contributed by atoms with E-state index in [-0.39, 0.29) is 23.4 Å². The summed E-state index contributed by atoms with van der Waals surface area (Å²) in [6.45, 7) is 1.88. The third kappa shape index (κ3) is 4.18. The average Bonchev–Trinajstić information content (AvgIpc) is 3.18. The second kappa shape index (κ2) is 9.43. The molecule has 1 aromatic heterocycles. The molecule has 1 aliphatic rings. The molecule has 0 saturated carbocycles. The molecule has 0 saturated heterocycles. The van der Waals surface area contributed by atoms with Crippen LogP contribution in [0.5, 0.6) is 5.75 Å². The number of imide groups is 1. The molecule has 1 aliphatic heterocycles. The van der Waals surface area contributed by atoms with Gasteiger partial charge in [0.25, 0.3) is 11.8 Å². The van der Waals surface area contributed by atoms with E-state index in [1.165, 1.54) is 21.7 Å². The van der Waals surface area contributed by atoms with Crippen molar-refractivity contribution in [1.82, 2.24) is 14.7 Å². The van der Waals surface area contributed by atoms with Gasteiger partial charge in [-0.25, -0.2) is 9.07 Å². The van der Waals surface area contributed by atoms with Gasteiger partial charge < -0.3 is 4.74 Å². The molecule has 4 aromatic rings. The first-order valence-electron chi connectivity index (χ1n) is 11.2. The van der Waals surface area contributed by atoms with Crippen molar-refractivity contribution in [2.24, 2.45) is 0 Å². The Labute approximate surface area is 212 Å². The van der Waals surface area contributed by atoms with Gasteiger partial charge in [-0.1, -0.05) is 41.9 Å². The van der Waals surface area contributed by atoms with Crippen LogP contribution in [-0.4, -0.2) is 33.6 Å². The largest absolute Gasteiger partial charge is 0.497 e. The predicted molar refractivity (Wildman–Crippen MR) is 135 cm³/mol.